The van der Waals surface area contributed by atoms with Crippen molar-refractivity contribution in [3.8, 4) is 16.9 Å². The van der Waals surface area contributed by atoms with Gasteiger partial charge in [0.05, 0.1) is 18.4 Å². The highest BCUT2D eigenvalue weighted by Crippen LogP contribution is 2.42. The zero-order valence-electron chi connectivity index (χ0n) is 17.0. The third-order valence-corrected chi connectivity index (χ3v) is 5.33. The van der Waals surface area contributed by atoms with E-state index in [1.165, 1.54) is 7.11 Å². The number of aryl methyl sites for hydroxylation is 1. The lowest BCUT2D eigenvalue weighted by Crippen LogP contribution is -2.14. The van der Waals surface area contributed by atoms with Crippen molar-refractivity contribution in [1.82, 2.24) is 0 Å². The van der Waals surface area contributed by atoms with E-state index in [0.717, 1.165) is 16.7 Å². The summed E-state index contributed by atoms with van der Waals surface area (Å²) in [6.07, 6.45) is 0.719. The molecule has 0 spiro atoms. The van der Waals surface area contributed by atoms with E-state index in [1.54, 1.807) is 14.0 Å². The molecule has 3 rings (SSSR count). The van der Waals surface area contributed by atoms with Crippen LogP contribution in [0.4, 0.5) is 0 Å². The van der Waals surface area contributed by atoms with E-state index in [9.17, 15) is 9.90 Å². The number of carbonyl (C=O) groups excluding carboxylic acids is 1. The number of ketones is 1. The highest BCUT2D eigenvalue weighted by atomic mass is 35.5. The topological polar surface area (TPSA) is 68.1 Å². The molecule has 1 N–H and O–H groups in total. The fourth-order valence-electron chi connectivity index (χ4n) is 3.80. The average molecular weight is 414 g/mol. The molecular formula is C23H24ClNO4. The summed E-state index contributed by atoms with van der Waals surface area (Å²) < 4.78 is 5.61. The van der Waals surface area contributed by atoms with E-state index in [4.69, 9.17) is 21.2 Å². The highest BCUT2D eigenvalue weighted by molar-refractivity contribution is 6.30. The molecule has 1 unspecified atom stereocenters. The minimum absolute atomic E-state index is 0.0888. The standard InChI is InChI=1S/C23H24ClNO4/c1-13-9-16(15-5-7-18(24)8-6-15)12-20(28-3)21(13)22-19(26)11-17(23(22)27)10-14(2)25-29-4/h5-9,12,17,26H,10-11H2,1-4H3. The smallest absolute Gasteiger partial charge is 0.170 e. The van der Waals surface area contributed by atoms with E-state index in [2.05, 4.69) is 5.16 Å². The van der Waals surface area contributed by atoms with Crippen LogP contribution in [-0.4, -0.2) is 30.8 Å². The van der Waals surface area contributed by atoms with Gasteiger partial charge in [-0.2, -0.15) is 0 Å². The largest absolute Gasteiger partial charge is 0.512 e. The lowest BCUT2D eigenvalue weighted by molar-refractivity contribution is -0.116. The number of carbonyl (C=O) groups is 1. The van der Waals surface area contributed by atoms with Crippen LogP contribution in [0.3, 0.4) is 0 Å². The van der Waals surface area contributed by atoms with Gasteiger partial charge < -0.3 is 14.7 Å². The van der Waals surface area contributed by atoms with Gasteiger partial charge in [0.25, 0.3) is 0 Å². The summed E-state index contributed by atoms with van der Waals surface area (Å²) in [5.41, 5.74) is 4.47. The van der Waals surface area contributed by atoms with Crippen LogP contribution >= 0.6 is 11.6 Å². The van der Waals surface area contributed by atoms with Crippen molar-refractivity contribution in [3.05, 3.63) is 58.3 Å². The predicted molar refractivity (Wildman–Crippen MR) is 116 cm³/mol. The number of Topliss-reactive ketones (excluding diaryl/α,β-unsaturated/α-hetero) is 1. The Morgan fingerprint density at radius 3 is 2.52 bits per heavy atom. The van der Waals surface area contributed by atoms with E-state index >= 15 is 0 Å². The second-order valence-electron chi connectivity index (χ2n) is 7.18. The van der Waals surface area contributed by atoms with E-state index in [1.807, 2.05) is 43.3 Å². The Hall–Kier alpha value is -2.79. The molecule has 0 amide bonds. The summed E-state index contributed by atoms with van der Waals surface area (Å²) in [5, 5.41) is 15.1. The van der Waals surface area contributed by atoms with Crippen LogP contribution < -0.4 is 4.74 Å². The molecule has 6 heteroatoms. The first-order valence-corrected chi connectivity index (χ1v) is 9.71. The average Bonchev–Trinajstić information content (AvgIpc) is 2.95. The van der Waals surface area contributed by atoms with Gasteiger partial charge in [-0.15, -0.1) is 0 Å². The summed E-state index contributed by atoms with van der Waals surface area (Å²) in [4.78, 5) is 17.9. The number of ether oxygens (including phenoxy) is 1. The number of methoxy groups -OCH3 is 1. The van der Waals surface area contributed by atoms with Gasteiger partial charge in [0, 0.05) is 22.9 Å². The van der Waals surface area contributed by atoms with Crippen LogP contribution in [0.25, 0.3) is 16.7 Å². The summed E-state index contributed by atoms with van der Waals surface area (Å²) in [6, 6.07) is 11.4. The first-order chi connectivity index (χ1) is 13.8. The zero-order chi connectivity index (χ0) is 21.1. The Balaban J connectivity index is 2.00. The number of hydrogen-bond acceptors (Lipinski definition) is 5. The van der Waals surface area contributed by atoms with Crippen molar-refractivity contribution in [2.24, 2.45) is 11.1 Å². The van der Waals surface area contributed by atoms with Gasteiger partial charge >= 0.3 is 0 Å². The SMILES string of the molecule is CON=C(C)CC1CC(O)=C(c2c(C)cc(-c3ccc(Cl)cc3)cc2OC)C1=O. The van der Waals surface area contributed by atoms with Gasteiger partial charge in [-0.3, -0.25) is 4.79 Å². The Morgan fingerprint density at radius 1 is 1.21 bits per heavy atom. The number of rotatable bonds is 6. The van der Waals surface area contributed by atoms with Gasteiger partial charge in [-0.05, 0) is 55.2 Å². The molecule has 1 aliphatic rings. The Labute approximate surface area is 175 Å². The van der Waals surface area contributed by atoms with Crippen LogP contribution in [0.5, 0.6) is 5.75 Å². The molecule has 2 aromatic rings. The van der Waals surface area contributed by atoms with Crippen molar-refractivity contribution in [2.45, 2.75) is 26.7 Å². The van der Waals surface area contributed by atoms with Crippen LogP contribution in [-0.2, 0) is 9.63 Å². The van der Waals surface area contributed by atoms with E-state index in [-0.39, 0.29) is 23.9 Å². The second-order valence-corrected chi connectivity index (χ2v) is 7.61. The van der Waals surface area contributed by atoms with Gasteiger partial charge in [0.2, 0.25) is 0 Å². The van der Waals surface area contributed by atoms with Crippen LogP contribution in [0, 0.1) is 12.8 Å². The van der Waals surface area contributed by atoms with Crippen molar-refractivity contribution in [2.75, 3.05) is 14.2 Å². The van der Waals surface area contributed by atoms with E-state index < -0.39 is 0 Å². The monoisotopic (exact) mass is 413 g/mol. The molecule has 1 atom stereocenters. The minimum Gasteiger partial charge on any atom is -0.512 e. The molecule has 0 bridgehead atoms. The molecule has 5 nitrogen and oxygen atoms in total. The number of allylic oxidation sites excluding steroid dienone is 2. The molecule has 29 heavy (non-hydrogen) atoms. The molecule has 0 aromatic heterocycles. The first-order valence-electron chi connectivity index (χ1n) is 9.33. The third kappa shape index (κ3) is 4.30. The van der Waals surface area contributed by atoms with Crippen LogP contribution in [0.2, 0.25) is 5.02 Å². The third-order valence-electron chi connectivity index (χ3n) is 5.08. The molecule has 2 aromatic carbocycles. The summed E-state index contributed by atoms with van der Waals surface area (Å²) in [5.74, 6) is 0.177. The molecule has 0 saturated heterocycles. The maximum absolute atomic E-state index is 13.1. The van der Waals surface area contributed by atoms with Gasteiger partial charge in [0.1, 0.15) is 18.6 Å². The Bertz CT molecular complexity index is 993. The molecule has 0 fully saturated rings. The number of nitrogens with zero attached hydrogens (tertiary/aromatic N) is 1. The molecule has 0 aliphatic heterocycles. The summed E-state index contributed by atoms with van der Waals surface area (Å²) in [7, 11) is 3.03. The van der Waals surface area contributed by atoms with Crippen LogP contribution in [0.15, 0.2) is 47.3 Å². The summed E-state index contributed by atoms with van der Waals surface area (Å²) in [6.45, 7) is 3.72. The molecule has 0 radical (unpaired) electrons. The first kappa shape index (κ1) is 20.9. The van der Waals surface area contributed by atoms with Crippen molar-refractivity contribution in [1.29, 1.82) is 0 Å². The van der Waals surface area contributed by atoms with Gasteiger partial charge in [-0.1, -0.05) is 35.0 Å². The molecule has 0 heterocycles. The minimum atomic E-state index is -0.357. The van der Waals surface area contributed by atoms with Crippen molar-refractivity contribution in [3.63, 3.8) is 0 Å². The molecule has 152 valence electrons. The normalized spacial score (nSPS) is 17.1. The Morgan fingerprint density at radius 2 is 1.90 bits per heavy atom. The predicted octanol–water partition coefficient (Wildman–Crippen LogP) is 5.59. The van der Waals surface area contributed by atoms with Crippen molar-refractivity contribution >= 4 is 28.7 Å². The molecule has 0 saturated carbocycles. The number of aliphatic hydroxyl groups is 1. The lowest BCUT2D eigenvalue weighted by atomic mass is 9.90. The number of hydrogen-bond donors (Lipinski definition) is 1. The fraction of sp³-hybridized carbons (Fsp3) is 0.304. The second kappa shape index (κ2) is 8.70. The van der Waals surface area contributed by atoms with Crippen LogP contribution in [0.1, 0.15) is 30.9 Å². The fourth-order valence-corrected chi connectivity index (χ4v) is 3.93. The highest BCUT2D eigenvalue weighted by Gasteiger charge is 2.36. The number of benzene rings is 2. The lowest BCUT2D eigenvalue weighted by Gasteiger charge is -2.16. The molecule has 1 aliphatic carbocycles. The molecular weight excluding hydrogens is 390 g/mol. The maximum Gasteiger partial charge on any atom is 0.170 e. The number of oxime groups is 1. The zero-order valence-corrected chi connectivity index (χ0v) is 17.7. The van der Waals surface area contributed by atoms with Gasteiger partial charge in [0.15, 0.2) is 5.78 Å². The van der Waals surface area contributed by atoms with Crippen molar-refractivity contribution < 1.29 is 19.5 Å². The maximum atomic E-state index is 13.1. The van der Waals surface area contributed by atoms with Gasteiger partial charge in [-0.25, -0.2) is 0 Å². The Kier molecular flexibility index (Phi) is 6.28. The quantitative estimate of drug-likeness (QED) is 0.494. The number of aliphatic hydroxyl groups excluding tert-OH is 1. The van der Waals surface area contributed by atoms with E-state index in [0.29, 0.717) is 34.0 Å². The summed E-state index contributed by atoms with van der Waals surface area (Å²) >= 11 is 5.99. The number of halogens is 1.